The molecule has 3 nitrogen and oxygen atoms in total. The van der Waals surface area contributed by atoms with Gasteiger partial charge in [-0.3, -0.25) is 9.69 Å². The Morgan fingerprint density at radius 3 is 2.17 bits per heavy atom. The minimum Gasteiger partial charge on any atom is -0.305 e. The number of amides is 1. The molecule has 2 fully saturated rings. The topological polar surface area (TPSA) is 23.6 Å². The number of anilines is 1. The Labute approximate surface area is 229 Å². The Morgan fingerprint density at radius 1 is 0.778 bits per heavy atom. The first-order valence-electron chi connectivity index (χ1n) is 12.8. The molecule has 2 unspecified atom stereocenters. The van der Waals surface area contributed by atoms with Crippen LogP contribution in [0.25, 0.3) is 0 Å². The second-order valence-electron chi connectivity index (χ2n) is 9.92. The van der Waals surface area contributed by atoms with Crippen molar-refractivity contribution < 1.29 is 4.79 Å². The number of hydrogen-bond donors (Lipinski definition) is 0. The molecule has 5 rings (SSSR count). The van der Waals surface area contributed by atoms with Gasteiger partial charge in [-0.25, -0.2) is 0 Å². The van der Waals surface area contributed by atoms with Gasteiger partial charge in [0.25, 0.3) is 5.91 Å². The van der Waals surface area contributed by atoms with Gasteiger partial charge in [0.05, 0.1) is 10.0 Å². The number of piperidine rings is 1. The van der Waals surface area contributed by atoms with E-state index in [4.69, 9.17) is 34.8 Å². The van der Waals surface area contributed by atoms with Crippen molar-refractivity contribution in [1.29, 1.82) is 0 Å². The number of carbonyl (C=O) groups is 1. The molecule has 0 N–H and O–H groups in total. The highest BCUT2D eigenvalue weighted by Crippen LogP contribution is 2.38. The summed E-state index contributed by atoms with van der Waals surface area (Å²) < 4.78 is 0. The van der Waals surface area contributed by atoms with E-state index in [2.05, 4.69) is 35.2 Å². The third-order valence-corrected chi connectivity index (χ3v) is 8.77. The van der Waals surface area contributed by atoms with Gasteiger partial charge in [-0.1, -0.05) is 78.0 Å². The van der Waals surface area contributed by atoms with Gasteiger partial charge in [-0.05, 0) is 79.6 Å². The van der Waals surface area contributed by atoms with Crippen LogP contribution >= 0.6 is 34.8 Å². The van der Waals surface area contributed by atoms with Crippen LogP contribution in [0.15, 0.2) is 72.8 Å². The van der Waals surface area contributed by atoms with Crippen LogP contribution in [-0.4, -0.2) is 36.0 Å². The van der Waals surface area contributed by atoms with Crippen molar-refractivity contribution in [1.82, 2.24) is 4.90 Å². The molecule has 2 atom stereocenters. The monoisotopic (exact) mass is 540 g/mol. The molecule has 36 heavy (non-hydrogen) atoms. The molecule has 0 radical (unpaired) electrons. The lowest BCUT2D eigenvalue weighted by Gasteiger charge is -2.45. The van der Waals surface area contributed by atoms with E-state index in [0.29, 0.717) is 32.6 Å². The Bertz CT molecular complexity index is 1180. The fraction of sp³-hybridized carbons (Fsp3) is 0.367. The average Bonchev–Trinajstić information content (AvgIpc) is 2.92. The smallest absolute Gasteiger partial charge is 0.258 e. The van der Waals surface area contributed by atoms with E-state index in [0.717, 1.165) is 31.6 Å². The first kappa shape index (κ1) is 25.6. The maximum Gasteiger partial charge on any atom is 0.258 e. The third kappa shape index (κ3) is 5.60. The maximum atomic E-state index is 13.8. The lowest BCUT2D eigenvalue weighted by Crippen LogP contribution is -2.51. The van der Waals surface area contributed by atoms with Crippen LogP contribution in [0, 0.1) is 0 Å². The van der Waals surface area contributed by atoms with Crippen LogP contribution in [0.3, 0.4) is 0 Å². The lowest BCUT2D eigenvalue weighted by atomic mass is 9.78. The number of likely N-dealkylation sites (tertiary alicyclic amines) is 1. The van der Waals surface area contributed by atoms with Gasteiger partial charge in [0.15, 0.2) is 0 Å². The highest BCUT2D eigenvalue weighted by Gasteiger charge is 2.36. The molecule has 1 saturated carbocycles. The number of nitrogens with zero attached hydrogens (tertiary/aromatic N) is 2. The van der Waals surface area contributed by atoms with Crippen molar-refractivity contribution in [3.8, 4) is 0 Å². The second kappa shape index (κ2) is 11.6. The average molecular weight is 542 g/mol. The molecule has 1 saturated heterocycles. The van der Waals surface area contributed by atoms with Crippen molar-refractivity contribution in [3.63, 3.8) is 0 Å². The predicted octanol–water partition coefficient (Wildman–Crippen LogP) is 8.48. The van der Waals surface area contributed by atoms with E-state index in [-0.39, 0.29) is 11.9 Å². The number of carbonyl (C=O) groups excluding carboxylic acids is 1. The van der Waals surface area contributed by atoms with E-state index in [1.807, 2.05) is 29.2 Å². The SMILES string of the molecule is O=C(c1ccc(Cl)c(Cl)c1)N(c1ccc(Cl)cc1)C1CCN(C2CCCCC2c2ccccc2)CC1. The molecule has 2 aliphatic rings. The van der Waals surface area contributed by atoms with Crippen LogP contribution in [0.1, 0.15) is 60.4 Å². The van der Waals surface area contributed by atoms with Crippen LogP contribution in [-0.2, 0) is 0 Å². The summed E-state index contributed by atoms with van der Waals surface area (Å²) in [6.07, 6.45) is 6.94. The largest absolute Gasteiger partial charge is 0.305 e. The van der Waals surface area contributed by atoms with Crippen LogP contribution < -0.4 is 4.90 Å². The molecule has 3 aromatic carbocycles. The molecule has 1 aliphatic carbocycles. The lowest BCUT2D eigenvalue weighted by molar-refractivity contribution is 0.0895. The number of benzene rings is 3. The van der Waals surface area contributed by atoms with Gasteiger partial charge >= 0.3 is 0 Å². The summed E-state index contributed by atoms with van der Waals surface area (Å²) >= 11 is 18.5. The zero-order chi connectivity index (χ0) is 25.1. The van der Waals surface area contributed by atoms with E-state index < -0.39 is 0 Å². The molecular formula is C30H31Cl3N2O. The van der Waals surface area contributed by atoms with Gasteiger partial charge in [0.2, 0.25) is 0 Å². The Hall–Kier alpha value is -2.04. The summed E-state index contributed by atoms with van der Waals surface area (Å²) in [5, 5.41) is 1.48. The molecule has 3 aromatic rings. The van der Waals surface area contributed by atoms with Crippen molar-refractivity contribution in [2.45, 2.75) is 56.5 Å². The number of hydrogen-bond acceptors (Lipinski definition) is 2. The first-order valence-corrected chi connectivity index (χ1v) is 14.0. The zero-order valence-corrected chi connectivity index (χ0v) is 22.5. The molecule has 0 aromatic heterocycles. The summed E-state index contributed by atoms with van der Waals surface area (Å²) in [6, 6.07) is 24.3. The first-order chi connectivity index (χ1) is 17.5. The standard InChI is InChI=1S/C30H31Cl3N2O/c31-23-11-13-24(14-12-23)35(30(36)22-10-15-27(32)28(33)20-22)25-16-18-34(19-17-25)29-9-5-4-8-26(29)21-6-2-1-3-7-21/h1-3,6-7,10-15,20,25-26,29H,4-5,8-9,16-19H2. The highest BCUT2D eigenvalue weighted by atomic mass is 35.5. The van der Waals surface area contributed by atoms with Crippen molar-refractivity contribution in [2.24, 2.45) is 0 Å². The van der Waals surface area contributed by atoms with E-state index >= 15 is 0 Å². The Balaban J connectivity index is 1.36. The fourth-order valence-electron chi connectivity index (χ4n) is 5.98. The van der Waals surface area contributed by atoms with E-state index in [1.165, 1.54) is 31.2 Å². The van der Waals surface area contributed by atoms with Gasteiger partial charge in [0.1, 0.15) is 0 Å². The second-order valence-corrected chi connectivity index (χ2v) is 11.2. The number of halogens is 3. The molecule has 188 valence electrons. The molecule has 1 amide bonds. The maximum absolute atomic E-state index is 13.8. The van der Waals surface area contributed by atoms with Gasteiger partial charge in [-0.2, -0.15) is 0 Å². The van der Waals surface area contributed by atoms with Crippen molar-refractivity contribution in [2.75, 3.05) is 18.0 Å². The van der Waals surface area contributed by atoms with E-state index in [1.54, 1.807) is 18.2 Å². The van der Waals surface area contributed by atoms with Crippen molar-refractivity contribution >= 4 is 46.4 Å². The molecule has 6 heteroatoms. The quantitative estimate of drug-likeness (QED) is 0.323. The molecule has 1 heterocycles. The Kier molecular flexibility index (Phi) is 8.22. The summed E-state index contributed by atoms with van der Waals surface area (Å²) in [6.45, 7) is 1.97. The molecule has 0 spiro atoms. The summed E-state index contributed by atoms with van der Waals surface area (Å²) in [7, 11) is 0. The summed E-state index contributed by atoms with van der Waals surface area (Å²) in [5.41, 5.74) is 2.86. The Morgan fingerprint density at radius 2 is 1.47 bits per heavy atom. The zero-order valence-electron chi connectivity index (χ0n) is 20.3. The van der Waals surface area contributed by atoms with Gasteiger partial charge < -0.3 is 4.90 Å². The molecule has 1 aliphatic heterocycles. The van der Waals surface area contributed by atoms with E-state index in [9.17, 15) is 4.79 Å². The molecular weight excluding hydrogens is 511 g/mol. The summed E-state index contributed by atoms with van der Waals surface area (Å²) in [4.78, 5) is 18.4. The van der Waals surface area contributed by atoms with Gasteiger partial charge in [0, 0.05) is 41.4 Å². The molecule has 0 bridgehead atoms. The van der Waals surface area contributed by atoms with Crippen LogP contribution in [0.5, 0.6) is 0 Å². The summed E-state index contributed by atoms with van der Waals surface area (Å²) in [5.74, 6) is 0.524. The third-order valence-electron chi connectivity index (χ3n) is 7.78. The number of rotatable bonds is 5. The van der Waals surface area contributed by atoms with Crippen molar-refractivity contribution in [3.05, 3.63) is 99.0 Å². The normalized spacial score (nSPS) is 21.3. The highest BCUT2D eigenvalue weighted by molar-refractivity contribution is 6.42. The van der Waals surface area contributed by atoms with Crippen LogP contribution in [0.2, 0.25) is 15.1 Å². The fourth-order valence-corrected chi connectivity index (χ4v) is 6.40. The minimum absolute atomic E-state index is 0.0610. The minimum atomic E-state index is -0.0610. The predicted molar refractivity (Wildman–Crippen MR) is 151 cm³/mol. The van der Waals surface area contributed by atoms with Crippen LogP contribution in [0.4, 0.5) is 5.69 Å². The van der Waals surface area contributed by atoms with Gasteiger partial charge in [-0.15, -0.1) is 0 Å².